The normalized spacial score (nSPS) is 16.8. The average molecular weight is 239 g/mol. The lowest BCUT2D eigenvalue weighted by molar-refractivity contribution is 0.0658. The zero-order chi connectivity index (χ0) is 13.1. The van der Waals surface area contributed by atoms with Gasteiger partial charge in [0.2, 0.25) is 0 Å². The fourth-order valence-electron chi connectivity index (χ4n) is 2.29. The molecule has 3 heteroatoms. The Bertz CT molecular complexity index is 367. The zero-order valence-corrected chi connectivity index (χ0v) is 11.1. The number of hydrogen-bond donors (Lipinski definition) is 1. The number of phenolic OH excluding ortho intramolecular Hbond substituents is 1. The van der Waals surface area contributed by atoms with Crippen molar-refractivity contribution in [2.45, 2.75) is 25.9 Å². The van der Waals surface area contributed by atoms with E-state index in [-0.39, 0.29) is 11.7 Å². The molecule has 0 aromatic heterocycles. The standard InChI is InChI=1S/C14H22FNO/c1-5-14(15,11(2)10-16(3)4)12-7-6-8-13(17)9-12/h6-9,11,17H,5,10H2,1-4H3/t11?,14-/m0/s1. The molecule has 0 radical (unpaired) electrons. The fraction of sp³-hybridized carbons (Fsp3) is 0.571. The highest BCUT2D eigenvalue weighted by Gasteiger charge is 2.36. The van der Waals surface area contributed by atoms with E-state index in [9.17, 15) is 5.11 Å². The number of benzene rings is 1. The Balaban J connectivity index is 3.02. The molecule has 1 rings (SSSR count). The van der Waals surface area contributed by atoms with Crippen LogP contribution in [0.5, 0.6) is 5.75 Å². The van der Waals surface area contributed by atoms with E-state index in [4.69, 9.17) is 0 Å². The Kier molecular flexibility index (Phi) is 4.52. The highest BCUT2D eigenvalue weighted by atomic mass is 19.1. The fourth-order valence-corrected chi connectivity index (χ4v) is 2.29. The van der Waals surface area contributed by atoms with Crippen LogP contribution >= 0.6 is 0 Å². The Labute approximate surface area is 103 Å². The molecule has 1 aromatic carbocycles. The maximum Gasteiger partial charge on any atom is 0.139 e. The highest BCUT2D eigenvalue weighted by molar-refractivity contribution is 5.32. The highest BCUT2D eigenvalue weighted by Crippen LogP contribution is 2.38. The minimum atomic E-state index is -1.39. The molecule has 0 aliphatic heterocycles. The van der Waals surface area contributed by atoms with E-state index < -0.39 is 5.67 Å². The van der Waals surface area contributed by atoms with Gasteiger partial charge < -0.3 is 10.0 Å². The van der Waals surface area contributed by atoms with E-state index in [0.717, 1.165) is 0 Å². The molecule has 1 N–H and O–H groups in total. The van der Waals surface area contributed by atoms with Gasteiger partial charge in [-0.3, -0.25) is 0 Å². The summed E-state index contributed by atoms with van der Waals surface area (Å²) >= 11 is 0. The van der Waals surface area contributed by atoms with Crippen molar-refractivity contribution in [2.75, 3.05) is 20.6 Å². The molecule has 96 valence electrons. The molecule has 0 saturated heterocycles. The van der Waals surface area contributed by atoms with Crippen LogP contribution in [0.25, 0.3) is 0 Å². The number of rotatable bonds is 5. The topological polar surface area (TPSA) is 23.5 Å². The molecule has 0 saturated carbocycles. The van der Waals surface area contributed by atoms with Crippen LogP contribution in [0.3, 0.4) is 0 Å². The molecule has 1 aromatic rings. The second-order valence-electron chi connectivity index (χ2n) is 4.93. The van der Waals surface area contributed by atoms with E-state index in [0.29, 0.717) is 18.5 Å². The van der Waals surface area contributed by atoms with Gasteiger partial charge in [-0.25, -0.2) is 4.39 Å². The molecule has 1 unspecified atom stereocenters. The monoisotopic (exact) mass is 239 g/mol. The Morgan fingerprint density at radius 1 is 1.41 bits per heavy atom. The minimum absolute atomic E-state index is 0.120. The third-order valence-corrected chi connectivity index (χ3v) is 3.26. The minimum Gasteiger partial charge on any atom is -0.508 e. The van der Waals surface area contributed by atoms with Crippen molar-refractivity contribution in [2.24, 2.45) is 5.92 Å². The first kappa shape index (κ1) is 14.0. The third kappa shape index (κ3) is 3.19. The largest absolute Gasteiger partial charge is 0.508 e. The average Bonchev–Trinajstić information content (AvgIpc) is 2.27. The van der Waals surface area contributed by atoms with Crippen molar-refractivity contribution < 1.29 is 9.50 Å². The van der Waals surface area contributed by atoms with Crippen LogP contribution in [0.4, 0.5) is 4.39 Å². The SMILES string of the molecule is CC[C@@](F)(c1cccc(O)c1)C(C)CN(C)C. The van der Waals surface area contributed by atoms with Crippen molar-refractivity contribution in [1.82, 2.24) is 4.90 Å². The quantitative estimate of drug-likeness (QED) is 0.853. The predicted octanol–water partition coefficient (Wildman–Crippen LogP) is 3.16. The van der Waals surface area contributed by atoms with Crippen molar-refractivity contribution in [3.63, 3.8) is 0 Å². The predicted molar refractivity (Wildman–Crippen MR) is 68.9 cm³/mol. The molecule has 17 heavy (non-hydrogen) atoms. The van der Waals surface area contributed by atoms with Crippen LogP contribution in [0.2, 0.25) is 0 Å². The molecule has 0 aliphatic carbocycles. The number of halogens is 1. The summed E-state index contributed by atoms with van der Waals surface area (Å²) in [5.74, 6) is -0.000622. The van der Waals surface area contributed by atoms with Crippen LogP contribution in [0.15, 0.2) is 24.3 Å². The second-order valence-corrected chi connectivity index (χ2v) is 4.93. The Hall–Kier alpha value is -1.09. The molecule has 2 atom stereocenters. The first-order valence-corrected chi connectivity index (χ1v) is 6.03. The number of hydrogen-bond acceptors (Lipinski definition) is 2. The van der Waals surface area contributed by atoms with Crippen molar-refractivity contribution in [3.8, 4) is 5.75 Å². The summed E-state index contributed by atoms with van der Waals surface area (Å²) in [6.45, 7) is 4.43. The van der Waals surface area contributed by atoms with Gasteiger partial charge in [-0.15, -0.1) is 0 Å². The van der Waals surface area contributed by atoms with Gasteiger partial charge in [0.1, 0.15) is 11.4 Å². The zero-order valence-electron chi connectivity index (χ0n) is 11.1. The van der Waals surface area contributed by atoms with Crippen molar-refractivity contribution >= 4 is 0 Å². The van der Waals surface area contributed by atoms with E-state index in [1.807, 2.05) is 32.8 Å². The Morgan fingerprint density at radius 2 is 2.06 bits per heavy atom. The lowest BCUT2D eigenvalue weighted by Gasteiger charge is -2.33. The maximum absolute atomic E-state index is 15.0. The third-order valence-electron chi connectivity index (χ3n) is 3.26. The van der Waals surface area contributed by atoms with Crippen LogP contribution in [0.1, 0.15) is 25.8 Å². The molecule has 0 spiro atoms. The van der Waals surface area contributed by atoms with Gasteiger partial charge in [0.15, 0.2) is 0 Å². The first-order valence-electron chi connectivity index (χ1n) is 6.03. The van der Waals surface area contributed by atoms with Crippen molar-refractivity contribution in [3.05, 3.63) is 29.8 Å². The van der Waals surface area contributed by atoms with Gasteiger partial charge in [0.25, 0.3) is 0 Å². The molecule has 0 heterocycles. The second kappa shape index (κ2) is 5.50. The van der Waals surface area contributed by atoms with Gasteiger partial charge in [-0.2, -0.15) is 0 Å². The van der Waals surface area contributed by atoms with Gasteiger partial charge in [-0.05, 0) is 38.2 Å². The van der Waals surface area contributed by atoms with Crippen LogP contribution in [-0.4, -0.2) is 30.6 Å². The van der Waals surface area contributed by atoms with E-state index in [1.54, 1.807) is 18.2 Å². The maximum atomic E-state index is 15.0. The summed E-state index contributed by atoms with van der Waals surface area (Å²) < 4.78 is 15.0. The van der Waals surface area contributed by atoms with Gasteiger partial charge in [0, 0.05) is 12.5 Å². The van der Waals surface area contributed by atoms with E-state index in [2.05, 4.69) is 0 Å². The lowest BCUT2D eigenvalue weighted by Crippen LogP contribution is -2.35. The van der Waals surface area contributed by atoms with Crippen LogP contribution < -0.4 is 0 Å². The number of alkyl halides is 1. The smallest absolute Gasteiger partial charge is 0.139 e. The summed E-state index contributed by atoms with van der Waals surface area (Å²) in [5, 5.41) is 9.46. The molecular formula is C14H22FNO. The van der Waals surface area contributed by atoms with Crippen molar-refractivity contribution in [1.29, 1.82) is 0 Å². The number of aromatic hydroxyl groups is 1. The van der Waals surface area contributed by atoms with E-state index in [1.165, 1.54) is 6.07 Å². The summed E-state index contributed by atoms with van der Waals surface area (Å²) in [4.78, 5) is 1.98. The molecule has 0 fully saturated rings. The Morgan fingerprint density at radius 3 is 2.53 bits per heavy atom. The lowest BCUT2D eigenvalue weighted by atomic mass is 9.81. The van der Waals surface area contributed by atoms with Gasteiger partial charge >= 0.3 is 0 Å². The van der Waals surface area contributed by atoms with Crippen LogP contribution in [-0.2, 0) is 5.67 Å². The summed E-state index contributed by atoms with van der Waals surface area (Å²) in [6, 6.07) is 6.53. The summed E-state index contributed by atoms with van der Waals surface area (Å²) in [6.07, 6.45) is 0.408. The van der Waals surface area contributed by atoms with E-state index >= 15 is 4.39 Å². The van der Waals surface area contributed by atoms with Crippen LogP contribution in [0, 0.1) is 5.92 Å². The molecule has 0 bridgehead atoms. The molecule has 2 nitrogen and oxygen atoms in total. The van der Waals surface area contributed by atoms with Gasteiger partial charge in [-0.1, -0.05) is 26.0 Å². The molecular weight excluding hydrogens is 217 g/mol. The summed E-state index contributed by atoms with van der Waals surface area (Å²) in [5.41, 5.74) is -0.822. The van der Waals surface area contributed by atoms with Gasteiger partial charge in [0.05, 0.1) is 0 Å². The first-order chi connectivity index (χ1) is 7.90. The number of phenols is 1. The molecule has 0 amide bonds. The molecule has 0 aliphatic rings. The summed E-state index contributed by atoms with van der Waals surface area (Å²) in [7, 11) is 3.88. The number of nitrogens with zero attached hydrogens (tertiary/aromatic N) is 1.